The first kappa shape index (κ1) is 10.7. The van der Waals surface area contributed by atoms with Crippen LogP contribution < -0.4 is 5.56 Å². The number of nitrogens with zero attached hydrogens (tertiary/aromatic N) is 1. The van der Waals surface area contributed by atoms with Crippen LogP contribution in [-0.4, -0.2) is 10.2 Å². The molecule has 4 heteroatoms. The number of benzene rings is 2. The SMILES string of the molecule is O=c1[nH]nc(-c2ccccc2)c2cc(F)ccc12. The third-order valence-electron chi connectivity index (χ3n) is 2.80. The van der Waals surface area contributed by atoms with Gasteiger partial charge in [-0.3, -0.25) is 4.79 Å². The summed E-state index contributed by atoms with van der Waals surface area (Å²) < 4.78 is 13.3. The zero-order valence-corrected chi connectivity index (χ0v) is 9.35. The summed E-state index contributed by atoms with van der Waals surface area (Å²) in [4.78, 5) is 11.6. The molecule has 3 rings (SSSR count). The Labute approximate surface area is 102 Å². The van der Waals surface area contributed by atoms with Gasteiger partial charge in [0.2, 0.25) is 0 Å². The molecule has 0 amide bonds. The molecule has 1 heterocycles. The maximum absolute atomic E-state index is 13.3. The van der Waals surface area contributed by atoms with Gasteiger partial charge >= 0.3 is 0 Å². The van der Waals surface area contributed by atoms with Gasteiger partial charge in [-0.25, -0.2) is 9.49 Å². The molecule has 1 N–H and O–H groups in total. The summed E-state index contributed by atoms with van der Waals surface area (Å²) in [5, 5.41) is 7.40. The minimum Gasteiger partial charge on any atom is -0.267 e. The average molecular weight is 240 g/mol. The molecule has 0 spiro atoms. The van der Waals surface area contributed by atoms with Crippen LogP contribution in [0.15, 0.2) is 53.3 Å². The topological polar surface area (TPSA) is 45.8 Å². The van der Waals surface area contributed by atoms with E-state index in [1.807, 2.05) is 30.3 Å². The van der Waals surface area contributed by atoms with E-state index >= 15 is 0 Å². The minimum absolute atomic E-state index is 0.315. The van der Waals surface area contributed by atoms with Crippen LogP contribution in [0.3, 0.4) is 0 Å². The van der Waals surface area contributed by atoms with Gasteiger partial charge in [0.25, 0.3) is 5.56 Å². The van der Waals surface area contributed by atoms with Crippen LogP contribution in [0.2, 0.25) is 0 Å². The summed E-state index contributed by atoms with van der Waals surface area (Å²) in [6.45, 7) is 0. The predicted octanol–water partition coefficient (Wildman–Crippen LogP) is 2.73. The van der Waals surface area contributed by atoms with Crippen molar-refractivity contribution in [1.29, 1.82) is 0 Å². The lowest BCUT2D eigenvalue weighted by Gasteiger charge is -2.04. The van der Waals surface area contributed by atoms with Crippen LogP contribution in [0.1, 0.15) is 0 Å². The van der Waals surface area contributed by atoms with Crippen LogP contribution in [0, 0.1) is 5.82 Å². The maximum atomic E-state index is 13.3. The first-order chi connectivity index (χ1) is 8.75. The molecule has 1 aromatic heterocycles. The average Bonchev–Trinajstić information content (AvgIpc) is 2.40. The molecule has 0 atom stereocenters. The molecule has 0 aliphatic carbocycles. The predicted molar refractivity (Wildman–Crippen MR) is 67.8 cm³/mol. The number of nitrogens with one attached hydrogen (secondary N) is 1. The van der Waals surface area contributed by atoms with Crippen molar-refractivity contribution in [2.75, 3.05) is 0 Å². The van der Waals surface area contributed by atoms with Crippen molar-refractivity contribution >= 4 is 10.8 Å². The fraction of sp³-hybridized carbons (Fsp3) is 0. The normalized spacial score (nSPS) is 10.7. The number of halogens is 1. The van der Waals surface area contributed by atoms with Gasteiger partial charge in [-0.2, -0.15) is 5.10 Å². The third kappa shape index (κ3) is 1.68. The highest BCUT2D eigenvalue weighted by Gasteiger charge is 2.09. The largest absolute Gasteiger partial charge is 0.272 e. The van der Waals surface area contributed by atoms with Gasteiger partial charge in [-0.05, 0) is 18.2 Å². The molecule has 0 saturated heterocycles. The van der Waals surface area contributed by atoms with Crippen molar-refractivity contribution in [2.45, 2.75) is 0 Å². The highest BCUT2D eigenvalue weighted by atomic mass is 19.1. The lowest BCUT2D eigenvalue weighted by atomic mass is 10.1. The highest BCUT2D eigenvalue weighted by Crippen LogP contribution is 2.24. The lowest BCUT2D eigenvalue weighted by Crippen LogP contribution is -2.09. The maximum Gasteiger partial charge on any atom is 0.272 e. The van der Waals surface area contributed by atoms with Crippen LogP contribution in [0.5, 0.6) is 0 Å². The Balaban J connectivity index is 2.41. The van der Waals surface area contributed by atoms with E-state index in [-0.39, 0.29) is 11.4 Å². The number of aromatic amines is 1. The second-order valence-corrected chi connectivity index (χ2v) is 3.96. The van der Waals surface area contributed by atoms with Gasteiger partial charge in [0, 0.05) is 10.9 Å². The second-order valence-electron chi connectivity index (χ2n) is 3.96. The molecule has 0 aliphatic heterocycles. The van der Waals surface area contributed by atoms with Gasteiger partial charge in [-0.15, -0.1) is 0 Å². The fourth-order valence-corrected chi connectivity index (χ4v) is 1.95. The van der Waals surface area contributed by atoms with E-state index in [0.717, 1.165) is 5.56 Å². The third-order valence-corrected chi connectivity index (χ3v) is 2.80. The molecule has 88 valence electrons. The van der Waals surface area contributed by atoms with E-state index in [4.69, 9.17) is 0 Å². The van der Waals surface area contributed by atoms with E-state index in [1.165, 1.54) is 18.2 Å². The molecular weight excluding hydrogens is 231 g/mol. The van der Waals surface area contributed by atoms with Gasteiger partial charge in [0.15, 0.2) is 0 Å². The standard InChI is InChI=1S/C14H9FN2O/c15-10-6-7-11-12(8-10)13(16-17-14(11)18)9-4-2-1-3-5-9/h1-8H,(H,17,18). The fourth-order valence-electron chi connectivity index (χ4n) is 1.95. The van der Waals surface area contributed by atoms with Crippen molar-refractivity contribution in [3.05, 3.63) is 64.7 Å². The molecule has 3 nitrogen and oxygen atoms in total. The molecule has 0 bridgehead atoms. The van der Waals surface area contributed by atoms with Gasteiger partial charge in [0.1, 0.15) is 5.82 Å². The Morgan fingerprint density at radius 1 is 1.00 bits per heavy atom. The number of aromatic nitrogens is 2. The Kier molecular flexibility index (Phi) is 2.41. The summed E-state index contributed by atoms with van der Waals surface area (Å²) in [6, 6.07) is 13.4. The van der Waals surface area contributed by atoms with Crippen LogP contribution in [0.25, 0.3) is 22.0 Å². The Morgan fingerprint density at radius 2 is 1.78 bits per heavy atom. The zero-order valence-electron chi connectivity index (χ0n) is 9.35. The number of hydrogen-bond donors (Lipinski definition) is 1. The second kappa shape index (κ2) is 4.07. The summed E-state index contributed by atoms with van der Waals surface area (Å²) >= 11 is 0. The number of fused-ring (bicyclic) bond motifs is 1. The van der Waals surface area contributed by atoms with Gasteiger partial charge in [-0.1, -0.05) is 30.3 Å². The van der Waals surface area contributed by atoms with E-state index in [0.29, 0.717) is 16.5 Å². The van der Waals surface area contributed by atoms with Crippen molar-refractivity contribution in [2.24, 2.45) is 0 Å². The smallest absolute Gasteiger partial charge is 0.267 e. The van der Waals surface area contributed by atoms with Crippen molar-refractivity contribution in [1.82, 2.24) is 10.2 Å². The summed E-state index contributed by atoms with van der Waals surface area (Å²) in [5.41, 5.74) is 1.10. The van der Waals surface area contributed by atoms with E-state index in [2.05, 4.69) is 10.2 Å². The number of hydrogen-bond acceptors (Lipinski definition) is 2. The van der Waals surface area contributed by atoms with Crippen LogP contribution >= 0.6 is 0 Å². The van der Waals surface area contributed by atoms with Crippen LogP contribution in [0.4, 0.5) is 4.39 Å². The molecule has 3 aromatic rings. The quantitative estimate of drug-likeness (QED) is 0.710. The molecule has 0 saturated carbocycles. The molecule has 0 fully saturated rings. The van der Waals surface area contributed by atoms with Crippen molar-refractivity contribution < 1.29 is 4.39 Å². The molecule has 0 radical (unpaired) electrons. The van der Waals surface area contributed by atoms with Crippen LogP contribution in [-0.2, 0) is 0 Å². The summed E-state index contributed by atoms with van der Waals surface area (Å²) in [5.74, 6) is -0.382. The van der Waals surface area contributed by atoms with E-state index in [9.17, 15) is 9.18 Å². The lowest BCUT2D eigenvalue weighted by molar-refractivity contribution is 0.629. The Morgan fingerprint density at radius 3 is 2.56 bits per heavy atom. The Hall–Kier alpha value is -2.49. The monoisotopic (exact) mass is 240 g/mol. The van der Waals surface area contributed by atoms with Crippen molar-refractivity contribution in [3.8, 4) is 11.3 Å². The van der Waals surface area contributed by atoms with E-state index in [1.54, 1.807) is 0 Å². The number of H-pyrrole nitrogens is 1. The van der Waals surface area contributed by atoms with Gasteiger partial charge < -0.3 is 0 Å². The molecular formula is C14H9FN2O. The molecule has 2 aromatic carbocycles. The first-order valence-corrected chi connectivity index (χ1v) is 5.49. The molecule has 0 aliphatic rings. The first-order valence-electron chi connectivity index (χ1n) is 5.49. The molecule has 0 unspecified atom stereocenters. The summed E-state index contributed by atoms with van der Waals surface area (Å²) in [7, 11) is 0. The minimum atomic E-state index is -0.382. The zero-order chi connectivity index (χ0) is 12.5. The highest BCUT2D eigenvalue weighted by molar-refractivity contribution is 5.93. The summed E-state index contributed by atoms with van der Waals surface area (Å²) in [6.07, 6.45) is 0. The van der Waals surface area contributed by atoms with E-state index < -0.39 is 0 Å². The van der Waals surface area contributed by atoms with Crippen molar-refractivity contribution in [3.63, 3.8) is 0 Å². The number of rotatable bonds is 1. The van der Waals surface area contributed by atoms with Gasteiger partial charge in [0.05, 0.1) is 11.1 Å². The Bertz CT molecular complexity index is 766. The molecule has 18 heavy (non-hydrogen) atoms.